The van der Waals surface area contributed by atoms with Crippen molar-refractivity contribution in [3.05, 3.63) is 58.7 Å². The summed E-state index contributed by atoms with van der Waals surface area (Å²) in [5.74, 6) is -0.844. The molecule has 0 amide bonds. The lowest BCUT2D eigenvalue weighted by Crippen LogP contribution is -2.45. The second-order valence-corrected chi connectivity index (χ2v) is 11.8. The Morgan fingerprint density at radius 3 is 2.55 bits per heavy atom. The van der Waals surface area contributed by atoms with Crippen LogP contribution in [0.25, 0.3) is 10.9 Å². The molecule has 0 spiro atoms. The highest BCUT2D eigenvalue weighted by atomic mass is 35.5. The molecule has 3 aromatic rings. The molecular weight excluding hydrogens is 532 g/mol. The molecule has 40 heavy (non-hydrogen) atoms. The lowest BCUT2D eigenvalue weighted by molar-refractivity contribution is -0.161. The van der Waals surface area contributed by atoms with E-state index in [2.05, 4.69) is 9.88 Å². The van der Waals surface area contributed by atoms with Gasteiger partial charge in [-0.15, -0.1) is 0 Å². The van der Waals surface area contributed by atoms with E-state index in [1.165, 1.54) is 19.2 Å². The first-order chi connectivity index (χ1) is 19.0. The molecule has 216 valence electrons. The molecule has 4 rings (SSSR count). The summed E-state index contributed by atoms with van der Waals surface area (Å²) in [5.41, 5.74) is 14.4. The molecule has 0 bridgehead atoms. The number of methoxy groups -OCH3 is 1. The molecule has 1 aliphatic rings. The Bertz CT molecular complexity index is 1340. The fourth-order valence-electron chi connectivity index (χ4n) is 5.08. The number of aromatic amines is 1. The van der Waals surface area contributed by atoms with Crippen LogP contribution < -0.4 is 16.2 Å². The van der Waals surface area contributed by atoms with Crippen LogP contribution in [0.4, 0.5) is 5.69 Å². The number of para-hydroxylation sites is 1. The predicted molar refractivity (Wildman–Crippen MR) is 156 cm³/mol. The molecule has 2 atom stereocenters. The number of nitrogens with one attached hydrogen (secondary N) is 1. The van der Waals surface area contributed by atoms with Crippen LogP contribution in [0.5, 0.6) is 5.75 Å². The lowest BCUT2D eigenvalue weighted by Gasteiger charge is -2.35. The maximum atomic E-state index is 13.4. The van der Waals surface area contributed by atoms with Crippen molar-refractivity contribution < 1.29 is 23.8 Å². The number of nitrogen functional groups attached to an aromatic ring is 1. The fourth-order valence-corrected chi connectivity index (χ4v) is 5.24. The topological polar surface area (TPSA) is 133 Å². The maximum absolute atomic E-state index is 13.4. The predicted octanol–water partition coefficient (Wildman–Crippen LogP) is 4.94. The number of aromatic nitrogens is 1. The highest BCUT2D eigenvalue weighted by molar-refractivity contribution is 6.33. The summed E-state index contributed by atoms with van der Waals surface area (Å²) in [6.45, 7) is 7.84. The zero-order valence-corrected chi connectivity index (χ0v) is 24.3. The number of esters is 2. The summed E-state index contributed by atoms with van der Waals surface area (Å²) in [5, 5.41) is 1.27. The first-order valence-corrected chi connectivity index (χ1v) is 13.9. The number of ether oxygens (including phenoxy) is 3. The summed E-state index contributed by atoms with van der Waals surface area (Å²) >= 11 is 6.10. The molecule has 0 aliphatic carbocycles. The van der Waals surface area contributed by atoms with Crippen molar-refractivity contribution in [3.8, 4) is 5.75 Å². The molecule has 1 fully saturated rings. The Hall–Kier alpha value is -3.27. The number of likely N-dealkylation sites (tertiary alicyclic amines) is 1. The summed E-state index contributed by atoms with van der Waals surface area (Å²) in [7, 11) is 1.46. The molecule has 2 aromatic carbocycles. The second kappa shape index (κ2) is 12.5. The minimum Gasteiger partial charge on any atom is -0.496 e. The molecule has 1 aromatic heterocycles. The largest absolute Gasteiger partial charge is 0.496 e. The number of H-pyrrole nitrogens is 1. The molecule has 5 N–H and O–H groups in total. The normalized spacial score (nSPS) is 16.4. The van der Waals surface area contributed by atoms with Gasteiger partial charge in [-0.1, -0.05) is 29.8 Å². The van der Waals surface area contributed by atoms with Crippen LogP contribution in [0.1, 0.15) is 55.6 Å². The Morgan fingerprint density at radius 2 is 1.88 bits per heavy atom. The van der Waals surface area contributed by atoms with Crippen LogP contribution in [0.3, 0.4) is 0 Å². The van der Waals surface area contributed by atoms with Gasteiger partial charge in [0.15, 0.2) is 0 Å². The van der Waals surface area contributed by atoms with E-state index in [1.807, 2.05) is 51.2 Å². The van der Waals surface area contributed by atoms with Crippen molar-refractivity contribution in [2.24, 2.45) is 17.6 Å². The van der Waals surface area contributed by atoms with Crippen LogP contribution in [-0.2, 0) is 14.3 Å². The van der Waals surface area contributed by atoms with Crippen LogP contribution in [0.2, 0.25) is 5.02 Å². The highest BCUT2D eigenvalue weighted by Crippen LogP contribution is 2.32. The molecule has 2 unspecified atom stereocenters. The average Bonchev–Trinajstić information content (AvgIpc) is 3.35. The molecule has 1 saturated heterocycles. The Morgan fingerprint density at radius 1 is 1.18 bits per heavy atom. The number of anilines is 1. The van der Waals surface area contributed by atoms with Crippen molar-refractivity contribution in [3.63, 3.8) is 0 Å². The average molecular weight is 571 g/mol. The summed E-state index contributed by atoms with van der Waals surface area (Å²) < 4.78 is 16.7. The van der Waals surface area contributed by atoms with Crippen LogP contribution in [0.15, 0.2) is 42.6 Å². The molecule has 2 heterocycles. The van der Waals surface area contributed by atoms with Crippen LogP contribution >= 0.6 is 11.6 Å². The number of rotatable bonds is 9. The van der Waals surface area contributed by atoms with Crippen LogP contribution in [0, 0.1) is 11.8 Å². The third kappa shape index (κ3) is 7.08. The highest BCUT2D eigenvalue weighted by Gasteiger charge is 2.35. The summed E-state index contributed by atoms with van der Waals surface area (Å²) in [4.78, 5) is 31.6. The van der Waals surface area contributed by atoms with Gasteiger partial charge in [-0.05, 0) is 70.3 Å². The van der Waals surface area contributed by atoms with E-state index < -0.39 is 23.5 Å². The van der Waals surface area contributed by atoms with E-state index in [4.69, 9.17) is 37.3 Å². The van der Waals surface area contributed by atoms with E-state index in [-0.39, 0.29) is 29.1 Å². The zero-order chi connectivity index (χ0) is 29.0. The number of carbonyl (C=O) groups excluding carboxylic acids is 2. The standard InChI is InChI=1S/C30H39ClN4O5/c1-30(2,3)40-29(37)22(27(33)21-15-34-25-8-6-5-7-19(21)25)16-35-11-9-18(10-12-35)17-39-28(36)20-13-23(31)24(32)14-26(20)38-4/h5-8,13-15,18,22,27,34H,9-12,16-17,32-33H2,1-4H3. The van der Waals surface area contributed by atoms with E-state index in [9.17, 15) is 9.59 Å². The van der Waals surface area contributed by atoms with Crippen molar-refractivity contribution >= 4 is 40.1 Å². The SMILES string of the molecule is COc1cc(N)c(Cl)cc1C(=O)OCC1CCN(CC(C(=O)OC(C)(C)C)C(N)c2c[nH]c3ccccc23)CC1. The Labute approximate surface area is 240 Å². The molecule has 0 radical (unpaired) electrons. The number of carbonyl (C=O) groups is 2. The summed E-state index contributed by atoms with van der Waals surface area (Å²) in [6, 6.07) is 10.4. The monoisotopic (exact) mass is 570 g/mol. The second-order valence-electron chi connectivity index (χ2n) is 11.4. The van der Waals surface area contributed by atoms with Gasteiger partial charge in [0, 0.05) is 35.8 Å². The number of fused-ring (bicyclic) bond motifs is 1. The van der Waals surface area contributed by atoms with Crippen molar-refractivity contribution in [2.45, 2.75) is 45.3 Å². The van der Waals surface area contributed by atoms with Crippen molar-refractivity contribution in [2.75, 3.05) is 39.1 Å². The number of halogens is 1. The van der Waals surface area contributed by atoms with Gasteiger partial charge in [-0.25, -0.2) is 4.79 Å². The van der Waals surface area contributed by atoms with E-state index in [0.717, 1.165) is 42.4 Å². The van der Waals surface area contributed by atoms with Gasteiger partial charge >= 0.3 is 11.9 Å². The van der Waals surface area contributed by atoms with Gasteiger partial charge in [0.2, 0.25) is 0 Å². The van der Waals surface area contributed by atoms with Gasteiger partial charge in [0.25, 0.3) is 0 Å². The van der Waals surface area contributed by atoms with Crippen molar-refractivity contribution in [1.29, 1.82) is 0 Å². The quantitative estimate of drug-likeness (QED) is 0.243. The van der Waals surface area contributed by atoms with E-state index >= 15 is 0 Å². The Kier molecular flexibility index (Phi) is 9.28. The van der Waals surface area contributed by atoms with Crippen LogP contribution in [-0.4, -0.2) is 60.8 Å². The number of piperidine rings is 1. The Balaban J connectivity index is 1.38. The lowest BCUT2D eigenvalue weighted by atomic mass is 9.91. The van der Waals surface area contributed by atoms with Gasteiger partial charge < -0.3 is 35.6 Å². The third-order valence-electron chi connectivity index (χ3n) is 7.27. The van der Waals surface area contributed by atoms with Gasteiger partial charge in [0.05, 0.1) is 30.3 Å². The van der Waals surface area contributed by atoms with Gasteiger partial charge in [-0.3, -0.25) is 4.79 Å². The first-order valence-electron chi connectivity index (χ1n) is 13.5. The van der Waals surface area contributed by atoms with E-state index in [1.54, 1.807) is 0 Å². The molecule has 0 saturated carbocycles. The summed E-state index contributed by atoms with van der Waals surface area (Å²) in [6.07, 6.45) is 3.52. The molecule has 9 nitrogen and oxygen atoms in total. The molecule has 1 aliphatic heterocycles. The number of benzene rings is 2. The first kappa shape index (κ1) is 29.7. The fraction of sp³-hybridized carbons (Fsp3) is 0.467. The minimum absolute atomic E-state index is 0.192. The smallest absolute Gasteiger partial charge is 0.341 e. The molecular formula is C30H39ClN4O5. The zero-order valence-electron chi connectivity index (χ0n) is 23.5. The third-order valence-corrected chi connectivity index (χ3v) is 7.60. The van der Waals surface area contributed by atoms with Crippen molar-refractivity contribution in [1.82, 2.24) is 9.88 Å². The number of nitrogens with two attached hydrogens (primary N) is 2. The van der Waals surface area contributed by atoms with Gasteiger partial charge in [-0.2, -0.15) is 0 Å². The number of hydrogen-bond donors (Lipinski definition) is 3. The van der Waals surface area contributed by atoms with E-state index in [0.29, 0.717) is 18.0 Å². The number of hydrogen-bond acceptors (Lipinski definition) is 8. The van der Waals surface area contributed by atoms with Gasteiger partial charge in [0.1, 0.15) is 16.9 Å². The maximum Gasteiger partial charge on any atom is 0.341 e. The molecule has 10 heteroatoms. The minimum atomic E-state index is -0.622. The number of nitrogens with zero attached hydrogens (tertiary/aromatic N) is 1.